The van der Waals surface area contributed by atoms with E-state index in [2.05, 4.69) is 15.3 Å². The average Bonchev–Trinajstić information content (AvgIpc) is 2.77. The van der Waals surface area contributed by atoms with Crippen molar-refractivity contribution in [1.82, 2.24) is 9.97 Å². The molecular weight excluding hydrogens is 409 g/mol. The lowest BCUT2D eigenvalue weighted by atomic mass is 10.1. The van der Waals surface area contributed by atoms with Crippen molar-refractivity contribution in [3.8, 4) is 11.5 Å². The van der Waals surface area contributed by atoms with Crippen LogP contribution in [0.5, 0.6) is 11.5 Å². The van der Waals surface area contributed by atoms with E-state index in [9.17, 15) is 13.2 Å². The molecule has 1 saturated heterocycles. The summed E-state index contributed by atoms with van der Waals surface area (Å²) in [4.78, 5) is 11.0. The highest BCUT2D eigenvalue weighted by Crippen LogP contribution is 2.36. The maximum Gasteiger partial charge on any atom is 0.251 e. The van der Waals surface area contributed by atoms with E-state index in [-0.39, 0.29) is 31.7 Å². The molecule has 0 radical (unpaired) electrons. The molecule has 1 aromatic heterocycles. The molecule has 2 heterocycles. The van der Waals surface area contributed by atoms with Gasteiger partial charge in [-0.1, -0.05) is 12.1 Å². The Morgan fingerprint density at radius 2 is 1.65 bits per heavy atom. The highest BCUT2D eigenvalue weighted by Gasteiger charge is 2.35. The molecule has 0 spiro atoms. The Morgan fingerprint density at radius 1 is 1.00 bits per heavy atom. The Morgan fingerprint density at radius 3 is 2.29 bits per heavy atom. The van der Waals surface area contributed by atoms with Gasteiger partial charge >= 0.3 is 0 Å². The van der Waals surface area contributed by atoms with Crippen LogP contribution in [0, 0.1) is 5.82 Å². The van der Waals surface area contributed by atoms with E-state index in [1.54, 1.807) is 36.3 Å². The number of ether oxygens (including phenoxy) is 2. The van der Waals surface area contributed by atoms with Gasteiger partial charge in [0.25, 0.3) is 5.92 Å². The molecule has 3 aromatic rings. The third-order valence-corrected chi connectivity index (χ3v) is 5.34. The summed E-state index contributed by atoms with van der Waals surface area (Å²) in [6.45, 7) is 0.741. The first kappa shape index (κ1) is 21.0. The summed E-state index contributed by atoms with van der Waals surface area (Å²) in [6, 6.07) is 9.66. The van der Waals surface area contributed by atoms with Crippen molar-refractivity contribution in [3.05, 3.63) is 47.8 Å². The summed E-state index contributed by atoms with van der Waals surface area (Å²) in [5.74, 6) is -1.03. The number of fused-ring (bicyclic) bond motifs is 1. The number of alkyl halides is 2. The molecule has 4 rings (SSSR count). The molecule has 164 valence electrons. The summed E-state index contributed by atoms with van der Waals surface area (Å²) in [6.07, 6.45) is -0.475. The van der Waals surface area contributed by atoms with Crippen LogP contribution in [0.4, 0.5) is 24.9 Å². The van der Waals surface area contributed by atoms with E-state index in [1.165, 1.54) is 19.2 Å². The van der Waals surface area contributed by atoms with Crippen molar-refractivity contribution >= 4 is 22.7 Å². The number of benzene rings is 2. The van der Waals surface area contributed by atoms with Crippen molar-refractivity contribution in [3.63, 3.8) is 0 Å². The predicted octanol–water partition coefficient (Wildman–Crippen LogP) is 4.63. The zero-order valence-corrected chi connectivity index (χ0v) is 17.3. The minimum atomic E-state index is -2.66. The first-order valence-electron chi connectivity index (χ1n) is 9.93. The van der Waals surface area contributed by atoms with Gasteiger partial charge in [0.05, 0.1) is 19.7 Å². The Kier molecular flexibility index (Phi) is 5.75. The predicted molar refractivity (Wildman–Crippen MR) is 113 cm³/mol. The second kappa shape index (κ2) is 8.49. The minimum Gasteiger partial charge on any atom is -0.493 e. The van der Waals surface area contributed by atoms with Gasteiger partial charge in [-0.3, -0.25) is 0 Å². The van der Waals surface area contributed by atoms with Gasteiger partial charge in [0, 0.05) is 43.9 Å². The fourth-order valence-electron chi connectivity index (χ4n) is 3.54. The van der Waals surface area contributed by atoms with Gasteiger partial charge in [0.2, 0.25) is 5.95 Å². The lowest BCUT2D eigenvalue weighted by molar-refractivity contribution is -0.0222. The third-order valence-electron chi connectivity index (χ3n) is 5.34. The molecule has 0 atom stereocenters. The average molecular weight is 432 g/mol. The quantitative estimate of drug-likeness (QED) is 0.613. The summed E-state index contributed by atoms with van der Waals surface area (Å²) in [5.41, 5.74) is 1.47. The largest absolute Gasteiger partial charge is 0.493 e. The van der Waals surface area contributed by atoms with E-state index in [0.717, 1.165) is 5.56 Å². The molecule has 1 fully saturated rings. The maximum absolute atomic E-state index is 13.6. The number of hydrogen-bond acceptors (Lipinski definition) is 6. The smallest absolute Gasteiger partial charge is 0.251 e. The summed E-state index contributed by atoms with van der Waals surface area (Å²) in [7, 11) is 3.07. The topological polar surface area (TPSA) is 59.5 Å². The lowest BCUT2D eigenvalue weighted by Gasteiger charge is -2.32. The molecule has 1 N–H and O–H groups in total. The van der Waals surface area contributed by atoms with Gasteiger partial charge in [-0.2, -0.15) is 4.98 Å². The lowest BCUT2D eigenvalue weighted by Crippen LogP contribution is -2.40. The second-order valence-electron chi connectivity index (χ2n) is 7.42. The molecule has 0 aliphatic carbocycles. The van der Waals surface area contributed by atoms with Crippen LogP contribution in [-0.4, -0.2) is 43.2 Å². The van der Waals surface area contributed by atoms with E-state index in [1.807, 2.05) is 0 Å². The van der Waals surface area contributed by atoms with E-state index >= 15 is 0 Å². The van der Waals surface area contributed by atoms with Crippen LogP contribution in [0.3, 0.4) is 0 Å². The van der Waals surface area contributed by atoms with Crippen LogP contribution >= 0.6 is 0 Å². The molecule has 1 aliphatic rings. The zero-order chi connectivity index (χ0) is 22.0. The molecule has 0 unspecified atom stereocenters. The van der Waals surface area contributed by atoms with Crippen molar-refractivity contribution in [2.24, 2.45) is 0 Å². The van der Waals surface area contributed by atoms with Crippen LogP contribution in [0.25, 0.3) is 10.9 Å². The van der Waals surface area contributed by atoms with Crippen molar-refractivity contribution in [2.45, 2.75) is 25.3 Å². The molecule has 6 nitrogen and oxygen atoms in total. The molecule has 0 bridgehead atoms. The number of nitrogens with zero attached hydrogens (tertiary/aromatic N) is 3. The van der Waals surface area contributed by atoms with Gasteiger partial charge in [0.1, 0.15) is 11.6 Å². The molecule has 0 amide bonds. The Bertz CT molecular complexity index is 1070. The SMILES string of the molecule is COc1cc2nc(N3CCC(F)(F)CC3)nc(NCc3ccc(F)cc3)c2cc1OC. The maximum atomic E-state index is 13.6. The first-order chi connectivity index (χ1) is 14.9. The van der Waals surface area contributed by atoms with Gasteiger partial charge in [-0.25, -0.2) is 18.2 Å². The second-order valence-corrected chi connectivity index (χ2v) is 7.42. The normalized spacial score (nSPS) is 15.7. The highest BCUT2D eigenvalue weighted by atomic mass is 19.3. The number of anilines is 2. The number of rotatable bonds is 6. The van der Waals surface area contributed by atoms with Crippen LogP contribution in [0.1, 0.15) is 18.4 Å². The van der Waals surface area contributed by atoms with E-state index in [0.29, 0.717) is 40.7 Å². The number of piperidine rings is 1. The van der Waals surface area contributed by atoms with Crippen LogP contribution in [0.2, 0.25) is 0 Å². The van der Waals surface area contributed by atoms with Crippen molar-refractivity contribution in [1.29, 1.82) is 0 Å². The standard InChI is InChI=1S/C22H23F3N4O2/c1-30-18-11-16-17(12-19(18)31-2)27-21(29-9-7-22(24,25)8-10-29)28-20(16)26-13-14-3-5-15(23)6-4-14/h3-6,11-12H,7-10,13H2,1-2H3,(H,26,27,28). The number of nitrogens with one attached hydrogen (secondary N) is 1. The van der Waals surface area contributed by atoms with Crippen LogP contribution in [-0.2, 0) is 6.54 Å². The Hall–Kier alpha value is -3.23. The highest BCUT2D eigenvalue weighted by molar-refractivity contribution is 5.92. The fraction of sp³-hybridized carbons (Fsp3) is 0.364. The first-order valence-corrected chi connectivity index (χ1v) is 9.93. The van der Waals surface area contributed by atoms with Gasteiger partial charge < -0.3 is 19.7 Å². The molecule has 1 aliphatic heterocycles. The molecule has 9 heteroatoms. The van der Waals surface area contributed by atoms with E-state index in [4.69, 9.17) is 9.47 Å². The van der Waals surface area contributed by atoms with Crippen molar-refractivity contribution < 1.29 is 22.6 Å². The van der Waals surface area contributed by atoms with Crippen LogP contribution in [0.15, 0.2) is 36.4 Å². The van der Waals surface area contributed by atoms with Gasteiger partial charge in [0.15, 0.2) is 11.5 Å². The number of aromatic nitrogens is 2. The molecular formula is C22H23F3N4O2. The van der Waals surface area contributed by atoms with Gasteiger partial charge in [-0.05, 0) is 23.8 Å². The Balaban J connectivity index is 1.72. The number of methoxy groups -OCH3 is 2. The van der Waals surface area contributed by atoms with Crippen LogP contribution < -0.4 is 19.7 Å². The zero-order valence-electron chi connectivity index (χ0n) is 17.3. The fourth-order valence-corrected chi connectivity index (χ4v) is 3.54. The molecule has 2 aromatic carbocycles. The summed E-state index contributed by atoms with van der Waals surface area (Å²) < 4.78 is 51.2. The number of hydrogen-bond donors (Lipinski definition) is 1. The summed E-state index contributed by atoms with van der Waals surface area (Å²) >= 11 is 0. The Labute approximate surface area is 178 Å². The molecule has 0 saturated carbocycles. The summed E-state index contributed by atoms with van der Waals surface area (Å²) in [5, 5.41) is 3.96. The third kappa shape index (κ3) is 4.60. The van der Waals surface area contributed by atoms with E-state index < -0.39 is 5.92 Å². The monoisotopic (exact) mass is 432 g/mol. The molecule has 31 heavy (non-hydrogen) atoms. The van der Waals surface area contributed by atoms with Crippen molar-refractivity contribution in [2.75, 3.05) is 37.5 Å². The number of halogens is 3. The minimum absolute atomic E-state index is 0.170. The van der Waals surface area contributed by atoms with Gasteiger partial charge in [-0.15, -0.1) is 0 Å².